The summed E-state index contributed by atoms with van der Waals surface area (Å²) >= 11 is 0. The van der Waals surface area contributed by atoms with Gasteiger partial charge in [-0.1, -0.05) is 0 Å². The highest BCUT2D eigenvalue weighted by Crippen LogP contribution is 2.29. The zero-order chi connectivity index (χ0) is 22.9. The van der Waals surface area contributed by atoms with Crippen molar-refractivity contribution in [2.45, 2.75) is 32.8 Å². The summed E-state index contributed by atoms with van der Waals surface area (Å²) in [6.07, 6.45) is -1.09. The number of halogens is 5. The van der Waals surface area contributed by atoms with Crippen molar-refractivity contribution in [1.29, 1.82) is 0 Å². The smallest absolute Gasteiger partial charge is 0.407 e. The molecule has 0 aliphatic carbocycles. The summed E-state index contributed by atoms with van der Waals surface area (Å²) in [7, 11) is 0. The Morgan fingerprint density at radius 3 is 1.83 bits per heavy atom. The molecule has 30 heavy (non-hydrogen) atoms. The zero-order valence-corrected chi connectivity index (χ0v) is 16.6. The molecule has 1 aromatic carbocycles. The number of nitrogens with one attached hydrogen (secondary N) is 1. The van der Waals surface area contributed by atoms with Crippen molar-refractivity contribution < 1.29 is 50.5 Å². The molecule has 1 N–H and O–H groups in total. The second kappa shape index (κ2) is 11.6. The fourth-order valence-corrected chi connectivity index (χ4v) is 1.86. The molecule has 0 heterocycles. The lowest BCUT2D eigenvalue weighted by Gasteiger charge is -2.19. The van der Waals surface area contributed by atoms with Crippen LogP contribution in [0.2, 0.25) is 0 Å². The van der Waals surface area contributed by atoms with Gasteiger partial charge in [0.05, 0.1) is 32.8 Å². The minimum absolute atomic E-state index is 0.0439. The van der Waals surface area contributed by atoms with Crippen molar-refractivity contribution >= 4 is 12.1 Å². The summed E-state index contributed by atoms with van der Waals surface area (Å²) in [4.78, 5) is 22.9. The molecule has 7 nitrogen and oxygen atoms in total. The number of carbonyl (C=O) groups is 2. The maximum absolute atomic E-state index is 13.4. The van der Waals surface area contributed by atoms with Crippen LogP contribution in [0.3, 0.4) is 0 Å². The van der Waals surface area contributed by atoms with Gasteiger partial charge in [0.25, 0.3) is 0 Å². The van der Waals surface area contributed by atoms with E-state index in [0.29, 0.717) is 0 Å². The topological polar surface area (TPSA) is 83.1 Å². The summed E-state index contributed by atoms with van der Waals surface area (Å²) in [5.74, 6) is -14.2. The summed E-state index contributed by atoms with van der Waals surface area (Å²) in [5, 5.41) is 2.47. The van der Waals surface area contributed by atoms with Crippen molar-refractivity contribution in [3.05, 3.63) is 29.1 Å². The summed E-state index contributed by atoms with van der Waals surface area (Å²) in [5.41, 5.74) is -0.615. The third-order valence-corrected chi connectivity index (χ3v) is 3.12. The number of amides is 1. The van der Waals surface area contributed by atoms with E-state index >= 15 is 0 Å². The van der Waals surface area contributed by atoms with Gasteiger partial charge in [-0.25, -0.2) is 18.0 Å². The van der Waals surface area contributed by atoms with E-state index in [-0.39, 0.29) is 33.0 Å². The third kappa shape index (κ3) is 8.49. The van der Waals surface area contributed by atoms with Crippen LogP contribution in [0.1, 0.15) is 27.2 Å². The van der Waals surface area contributed by atoms with Crippen molar-refractivity contribution in [2.75, 3.05) is 33.0 Å². The van der Waals surface area contributed by atoms with Crippen molar-refractivity contribution in [2.24, 2.45) is 0 Å². The highest BCUT2D eigenvalue weighted by atomic mass is 19.2. The lowest BCUT2D eigenvalue weighted by molar-refractivity contribution is -0.136. The van der Waals surface area contributed by atoms with Crippen molar-refractivity contribution in [1.82, 2.24) is 5.32 Å². The molecule has 0 aromatic heterocycles. The van der Waals surface area contributed by atoms with E-state index in [0.717, 1.165) is 0 Å². The van der Waals surface area contributed by atoms with Crippen molar-refractivity contribution in [3.63, 3.8) is 0 Å². The molecule has 1 rings (SSSR count). The van der Waals surface area contributed by atoms with E-state index in [2.05, 4.69) is 10.1 Å². The SMILES string of the molecule is CC(C)(C)OC(=O)NCCOCCOCCC(=O)Oc1c(F)c(F)c(F)c(F)c1F. The van der Waals surface area contributed by atoms with Crippen LogP contribution in [0.25, 0.3) is 0 Å². The average Bonchev–Trinajstić information content (AvgIpc) is 2.65. The molecule has 0 radical (unpaired) electrons. The number of alkyl carbamates (subject to hydrolysis) is 1. The lowest BCUT2D eigenvalue weighted by Crippen LogP contribution is -2.34. The van der Waals surface area contributed by atoms with Gasteiger partial charge in [-0.3, -0.25) is 4.79 Å². The number of benzene rings is 1. The highest BCUT2D eigenvalue weighted by molar-refractivity contribution is 5.72. The predicted octanol–water partition coefficient (Wildman–Crippen LogP) is 3.24. The van der Waals surface area contributed by atoms with E-state index in [4.69, 9.17) is 14.2 Å². The number of hydrogen-bond donors (Lipinski definition) is 1. The summed E-state index contributed by atoms with van der Waals surface area (Å²) in [6.45, 7) is 5.45. The van der Waals surface area contributed by atoms with E-state index in [1.54, 1.807) is 20.8 Å². The van der Waals surface area contributed by atoms with Crippen LogP contribution in [0.15, 0.2) is 0 Å². The molecular formula is C18H22F5NO6. The monoisotopic (exact) mass is 443 g/mol. The van der Waals surface area contributed by atoms with Crippen LogP contribution in [0.5, 0.6) is 5.75 Å². The quantitative estimate of drug-likeness (QED) is 0.149. The summed E-state index contributed by atoms with van der Waals surface area (Å²) < 4.78 is 85.2. The molecule has 0 unspecified atom stereocenters. The van der Waals surface area contributed by atoms with E-state index < -0.39 is 58.9 Å². The van der Waals surface area contributed by atoms with Crippen molar-refractivity contribution in [3.8, 4) is 5.75 Å². The Morgan fingerprint density at radius 2 is 1.30 bits per heavy atom. The van der Waals surface area contributed by atoms with Gasteiger partial charge in [-0.15, -0.1) is 0 Å². The molecule has 0 saturated heterocycles. The zero-order valence-electron chi connectivity index (χ0n) is 16.6. The molecule has 12 heteroatoms. The first-order valence-electron chi connectivity index (χ1n) is 8.78. The molecule has 0 fully saturated rings. The van der Waals surface area contributed by atoms with E-state index in [9.17, 15) is 31.5 Å². The van der Waals surface area contributed by atoms with Gasteiger partial charge in [0, 0.05) is 6.54 Å². The molecular weight excluding hydrogens is 421 g/mol. The number of ether oxygens (including phenoxy) is 4. The minimum Gasteiger partial charge on any atom is -0.444 e. The van der Waals surface area contributed by atoms with E-state index in [1.165, 1.54) is 0 Å². The maximum Gasteiger partial charge on any atom is 0.407 e. The third-order valence-electron chi connectivity index (χ3n) is 3.12. The van der Waals surface area contributed by atoms with Gasteiger partial charge in [0.1, 0.15) is 5.60 Å². The van der Waals surface area contributed by atoms with Crippen LogP contribution >= 0.6 is 0 Å². The normalized spacial score (nSPS) is 11.3. The maximum atomic E-state index is 13.4. The Labute approximate surface area is 169 Å². The number of esters is 1. The molecule has 170 valence electrons. The van der Waals surface area contributed by atoms with Gasteiger partial charge >= 0.3 is 12.1 Å². The predicted molar refractivity (Wildman–Crippen MR) is 92.4 cm³/mol. The highest BCUT2D eigenvalue weighted by Gasteiger charge is 2.28. The Bertz CT molecular complexity index is 725. The van der Waals surface area contributed by atoms with Crippen LogP contribution in [0, 0.1) is 29.1 Å². The number of hydrogen-bond acceptors (Lipinski definition) is 6. The molecule has 0 spiro atoms. The Hall–Kier alpha value is -2.47. The first-order valence-corrected chi connectivity index (χ1v) is 8.78. The number of rotatable bonds is 10. The molecule has 1 aromatic rings. The second-order valence-electron chi connectivity index (χ2n) is 6.78. The minimum atomic E-state index is -2.35. The fourth-order valence-electron chi connectivity index (χ4n) is 1.86. The largest absolute Gasteiger partial charge is 0.444 e. The molecule has 0 atom stereocenters. The average molecular weight is 443 g/mol. The Balaban J connectivity index is 2.20. The Kier molecular flexibility index (Phi) is 9.93. The molecule has 0 aliphatic rings. The van der Waals surface area contributed by atoms with Crippen LogP contribution in [-0.2, 0) is 19.0 Å². The molecule has 1 amide bonds. The Morgan fingerprint density at radius 1 is 0.800 bits per heavy atom. The second-order valence-corrected chi connectivity index (χ2v) is 6.78. The van der Waals surface area contributed by atoms with Crippen LogP contribution in [-0.4, -0.2) is 50.6 Å². The summed E-state index contributed by atoms with van der Waals surface area (Å²) in [6, 6.07) is 0. The number of carbonyl (C=O) groups excluding carboxylic acids is 2. The van der Waals surface area contributed by atoms with E-state index in [1.807, 2.05) is 0 Å². The van der Waals surface area contributed by atoms with Gasteiger partial charge in [-0.2, -0.15) is 8.78 Å². The first kappa shape index (κ1) is 25.6. The molecule has 0 aliphatic heterocycles. The van der Waals surface area contributed by atoms with Gasteiger partial charge in [0.2, 0.25) is 34.8 Å². The lowest BCUT2D eigenvalue weighted by atomic mass is 10.2. The molecule has 0 bridgehead atoms. The first-order chi connectivity index (χ1) is 13.9. The molecule has 0 saturated carbocycles. The van der Waals surface area contributed by atoms with Gasteiger partial charge in [-0.05, 0) is 20.8 Å². The standard InChI is InChI=1S/C18H22F5NO6/c1-18(2,3)30-17(26)24-5-7-28-9-8-27-6-4-10(25)29-16-14(22)12(20)11(19)13(21)15(16)23/h4-9H2,1-3H3,(H,24,26). The fraction of sp³-hybridized carbons (Fsp3) is 0.556. The van der Waals surface area contributed by atoms with Gasteiger partial charge < -0.3 is 24.3 Å². The van der Waals surface area contributed by atoms with Gasteiger partial charge in [0.15, 0.2) is 0 Å². The van der Waals surface area contributed by atoms with Crippen LogP contribution in [0.4, 0.5) is 26.7 Å². The van der Waals surface area contributed by atoms with Crippen LogP contribution < -0.4 is 10.1 Å².